The predicted octanol–water partition coefficient (Wildman–Crippen LogP) is 1.85. The molecule has 1 heterocycles. The Hall–Kier alpha value is -2.25. The average Bonchev–Trinajstić information content (AvgIpc) is 2.23. The maximum atomic E-state index is 12.7. The number of rotatable bonds is 2. The van der Waals surface area contributed by atoms with Gasteiger partial charge in [-0.2, -0.15) is 0 Å². The molecule has 0 saturated heterocycles. The van der Waals surface area contributed by atoms with Crippen molar-refractivity contribution in [1.29, 1.82) is 0 Å². The molecule has 0 spiro atoms. The van der Waals surface area contributed by atoms with Gasteiger partial charge in [-0.15, -0.1) is 0 Å². The van der Waals surface area contributed by atoms with Crippen LogP contribution in [0.5, 0.6) is 0 Å². The van der Waals surface area contributed by atoms with Gasteiger partial charge in [-0.1, -0.05) is 17.0 Å². The van der Waals surface area contributed by atoms with E-state index in [0.717, 1.165) is 6.20 Å². The van der Waals surface area contributed by atoms with Crippen LogP contribution in [-0.4, -0.2) is 11.5 Å². The normalized spacial score (nSPS) is 8.60. The van der Waals surface area contributed by atoms with E-state index in [2.05, 4.69) is 26.9 Å². The van der Waals surface area contributed by atoms with Crippen molar-refractivity contribution >= 4 is 5.82 Å². The molecule has 0 bridgehead atoms. The van der Waals surface area contributed by atoms with E-state index in [1.54, 1.807) is 0 Å². The van der Waals surface area contributed by atoms with Crippen molar-refractivity contribution < 1.29 is 4.39 Å². The molecule has 0 fully saturated rings. The van der Waals surface area contributed by atoms with Crippen LogP contribution in [0.2, 0.25) is 0 Å². The Balaban J connectivity index is 2.70. The average molecular weight is 205 g/mol. The van der Waals surface area contributed by atoms with E-state index < -0.39 is 5.82 Å². The van der Waals surface area contributed by atoms with E-state index >= 15 is 0 Å². The van der Waals surface area contributed by atoms with Gasteiger partial charge in [-0.25, -0.2) is 9.37 Å². The molecule has 0 atom stereocenters. The van der Waals surface area contributed by atoms with Gasteiger partial charge < -0.3 is 5.73 Å². The SMILES string of the molecule is [N-]=[N+]=NCCC#Cc1cc(F)cnc1N. The predicted molar refractivity (Wildman–Crippen MR) is 54.1 cm³/mol. The lowest BCUT2D eigenvalue weighted by molar-refractivity contribution is 0.621. The summed E-state index contributed by atoms with van der Waals surface area (Å²) in [4.78, 5) is 6.18. The molecule has 2 N–H and O–H groups in total. The van der Waals surface area contributed by atoms with Gasteiger partial charge in [-0.3, -0.25) is 0 Å². The molecule has 0 unspecified atom stereocenters. The van der Waals surface area contributed by atoms with E-state index in [1.165, 1.54) is 6.07 Å². The maximum absolute atomic E-state index is 12.7. The van der Waals surface area contributed by atoms with Gasteiger partial charge in [0.05, 0.1) is 11.8 Å². The first-order valence-corrected chi connectivity index (χ1v) is 4.15. The molecule has 1 rings (SSSR count). The van der Waals surface area contributed by atoms with E-state index in [-0.39, 0.29) is 12.4 Å². The van der Waals surface area contributed by atoms with Crippen molar-refractivity contribution in [1.82, 2.24) is 4.98 Å². The smallest absolute Gasteiger partial charge is 0.142 e. The zero-order valence-corrected chi connectivity index (χ0v) is 7.81. The van der Waals surface area contributed by atoms with E-state index in [1.807, 2.05) is 0 Å². The van der Waals surface area contributed by atoms with Crippen molar-refractivity contribution in [3.05, 3.63) is 34.1 Å². The molecule has 0 aromatic carbocycles. The number of aromatic nitrogens is 1. The second-order valence-electron chi connectivity index (χ2n) is 2.59. The maximum Gasteiger partial charge on any atom is 0.142 e. The molecule has 15 heavy (non-hydrogen) atoms. The molecule has 1 aromatic heterocycles. The lowest BCUT2D eigenvalue weighted by Gasteiger charge is -1.95. The van der Waals surface area contributed by atoms with Gasteiger partial charge in [0.2, 0.25) is 0 Å². The van der Waals surface area contributed by atoms with Crippen LogP contribution in [0.4, 0.5) is 10.2 Å². The van der Waals surface area contributed by atoms with Crippen molar-refractivity contribution in [2.45, 2.75) is 6.42 Å². The molecule has 0 saturated carbocycles. The van der Waals surface area contributed by atoms with E-state index in [0.29, 0.717) is 12.0 Å². The molecular weight excluding hydrogens is 197 g/mol. The molecule has 0 aliphatic carbocycles. The number of nitrogens with two attached hydrogens (primary N) is 1. The standard InChI is InChI=1S/C9H8FN5/c10-8-5-7(9(11)13-6-8)3-1-2-4-14-15-12/h5-6H,2,4H2,(H2,11,13). The third-order valence-electron chi connectivity index (χ3n) is 1.51. The molecule has 0 radical (unpaired) electrons. The number of hydrogen-bond donors (Lipinski definition) is 1. The molecular formula is C9H8FN5. The van der Waals surface area contributed by atoms with E-state index in [4.69, 9.17) is 11.3 Å². The molecule has 0 amide bonds. The highest BCUT2D eigenvalue weighted by molar-refractivity contribution is 5.50. The number of halogens is 1. The second-order valence-corrected chi connectivity index (χ2v) is 2.59. The Bertz CT molecular complexity index is 453. The zero-order chi connectivity index (χ0) is 11.1. The number of anilines is 1. The van der Waals surface area contributed by atoms with Gasteiger partial charge in [0.1, 0.15) is 11.6 Å². The first-order valence-electron chi connectivity index (χ1n) is 4.15. The quantitative estimate of drug-likeness (QED) is 0.262. The second kappa shape index (κ2) is 5.47. The minimum atomic E-state index is -0.483. The lowest BCUT2D eigenvalue weighted by atomic mass is 10.2. The van der Waals surface area contributed by atoms with Crippen LogP contribution in [-0.2, 0) is 0 Å². The van der Waals surface area contributed by atoms with Gasteiger partial charge in [0.15, 0.2) is 0 Å². The fourth-order valence-corrected chi connectivity index (χ4v) is 0.858. The fraction of sp³-hybridized carbons (Fsp3) is 0.222. The van der Waals surface area contributed by atoms with Crippen LogP contribution in [0.1, 0.15) is 12.0 Å². The Morgan fingerprint density at radius 2 is 2.47 bits per heavy atom. The highest BCUT2D eigenvalue weighted by Gasteiger charge is 1.98. The number of nitrogen functional groups attached to an aromatic ring is 1. The van der Waals surface area contributed by atoms with E-state index in [9.17, 15) is 4.39 Å². The van der Waals surface area contributed by atoms with Gasteiger partial charge in [0, 0.05) is 17.9 Å². The summed E-state index contributed by atoms with van der Waals surface area (Å²) in [5, 5.41) is 3.30. The Morgan fingerprint density at radius 3 is 3.20 bits per heavy atom. The lowest BCUT2D eigenvalue weighted by Crippen LogP contribution is -1.95. The first kappa shape index (κ1) is 10.8. The van der Waals surface area contributed by atoms with Crippen LogP contribution in [0.25, 0.3) is 10.4 Å². The summed E-state index contributed by atoms with van der Waals surface area (Å²) < 4.78 is 12.7. The zero-order valence-electron chi connectivity index (χ0n) is 7.81. The third kappa shape index (κ3) is 3.55. The van der Waals surface area contributed by atoms with Crippen LogP contribution in [0.15, 0.2) is 17.4 Å². The molecule has 1 aromatic rings. The molecule has 0 aliphatic heterocycles. The Morgan fingerprint density at radius 1 is 1.67 bits per heavy atom. The summed E-state index contributed by atoms with van der Waals surface area (Å²) in [6.07, 6.45) is 1.43. The van der Waals surface area contributed by atoms with Gasteiger partial charge in [-0.05, 0) is 11.6 Å². The fourth-order valence-electron chi connectivity index (χ4n) is 0.858. The van der Waals surface area contributed by atoms with Crippen LogP contribution in [0, 0.1) is 17.7 Å². The number of hydrogen-bond acceptors (Lipinski definition) is 3. The van der Waals surface area contributed by atoms with Crippen molar-refractivity contribution in [2.75, 3.05) is 12.3 Å². The summed E-state index contributed by atoms with van der Waals surface area (Å²) >= 11 is 0. The summed E-state index contributed by atoms with van der Waals surface area (Å²) in [5.74, 6) is 5.06. The monoisotopic (exact) mass is 205 g/mol. The largest absolute Gasteiger partial charge is 0.383 e. The van der Waals surface area contributed by atoms with Gasteiger partial charge >= 0.3 is 0 Å². The Kier molecular flexibility index (Phi) is 3.95. The molecule has 5 nitrogen and oxygen atoms in total. The van der Waals surface area contributed by atoms with Crippen molar-refractivity contribution in [3.63, 3.8) is 0 Å². The van der Waals surface area contributed by atoms with Crippen molar-refractivity contribution in [3.8, 4) is 11.8 Å². The minimum absolute atomic E-state index is 0.188. The molecule has 76 valence electrons. The van der Waals surface area contributed by atoms with Crippen LogP contribution in [0.3, 0.4) is 0 Å². The number of nitrogens with zero attached hydrogens (tertiary/aromatic N) is 4. The van der Waals surface area contributed by atoms with Crippen LogP contribution < -0.4 is 5.73 Å². The molecule has 0 aliphatic rings. The summed E-state index contributed by atoms with van der Waals surface area (Å²) in [5.41, 5.74) is 13.8. The van der Waals surface area contributed by atoms with Crippen molar-refractivity contribution in [2.24, 2.45) is 5.11 Å². The first-order chi connectivity index (χ1) is 7.24. The molecule has 6 heteroatoms. The summed E-state index contributed by atoms with van der Waals surface area (Å²) in [6.45, 7) is 0.284. The highest BCUT2D eigenvalue weighted by atomic mass is 19.1. The Labute approximate surface area is 85.7 Å². The van der Waals surface area contributed by atoms with Gasteiger partial charge in [0.25, 0.3) is 0 Å². The summed E-state index contributed by atoms with van der Waals surface area (Å²) in [6, 6.07) is 1.21. The van der Waals surface area contributed by atoms with Crippen LogP contribution >= 0.6 is 0 Å². The highest BCUT2D eigenvalue weighted by Crippen LogP contribution is 2.07. The minimum Gasteiger partial charge on any atom is -0.383 e. The third-order valence-corrected chi connectivity index (χ3v) is 1.51. The topological polar surface area (TPSA) is 87.7 Å². The number of pyridine rings is 1. The summed E-state index contributed by atoms with van der Waals surface area (Å²) in [7, 11) is 0. The number of azide groups is 1.